The zero-order valence-electron chi connectivity index (χ0n) is 6.05. The maximum absolute atomic E-state index is 11.0. The second-order valence-electron chi connectivity index (χ2n) is 2.20. The lowest BCUT2D eigenvalue weighted by Gasteiger charge is -1.96. The monoisotopic (exact) mass is 137 g/mol. The lowest BCUT2D eigenvalue weighted by Crippen LogP contribution is -2.13. The predicted molar refractivity (Wildman–Crippen MR) is 40.5 cm³/mol. The molecule has 1 rings (SSSR count). The molecule has 0 atom stereocenters. The summed E-state index contributed by atoms with van der Waals surface area (Å²) in [6.45, 7) is 2.74. The summed E-state index contributed by atoms with van der Waals surface area (Å²) in [5, 5.41) is 3.00. The van der Waals surface area contributed by atoms with Crippen molar-refractivity contribution >= 4 is 5.78 Å². The highest BCUT2D eigenvalue weighted by Crippen LogP contribution is 2.02. The van der Waals surface area contributed by atoms with Crippen LogP contribution in [0.15, 0.2) is 23.9 Å². The summed E-state index contributed by atoms with van der Waals surface area (Å²) in [7, 11) is 0. The molecule has 0 fully saturated rings. The van der Waals surface area contributed by atoms with Crippen LogP contribution in [-0.2, 0) is 4.79 Å². The summed E-state index contributed by atoms with van der Waals surface area (Å²) < 4.78 is 0. The van der Waals surface area contributed by atoms with Crippen LogP contribution in [0.25, 0.3) is 0 Å². The van der Waals surface area contributed by atoms with E-state index in [1.165, 1.54) is 0 Å². The molecule has 0 aromatic heterocycles. The van der Waals surface area contributed by atoms with Crippen LogP contribution in [0.3, 0.4) is 0 Å². The third kappa shape index (κ3) is 1.47. The van der Waals surface area contributed by atoms with Crippen LogP contribution in [0.4, 0.5) is 0 Å². The first kappa shape index (κ1) is 7.06. The van der Waals surface area contributed by atoms with Crippen molar-refractivity contribution in [3.05, 3.63) is 23.9 Å². The SMILES string of the molecule is C/C=C/C(=O)C1=CCCN1. The first-order valence-electron chi connectivity index (χ1n) is 3.45. The van der Waals surface area contributed by atoms with Crippen molar-refractivity contribution in [3.63, 3.8) is 0 Å². The van der Waals surface area contributed by atoms with Crippen molar-refractivity contribution in [2.24, 2.45) is 0 Å². The number of allylic oxidation sites excluding steroid dienone is 2. The van der Waals surface area contributed by atoms with E-state index in [9.17, 15) is 4.79 Å². The number of carbonyl (C=O) groups excluding carboxylic acids is 1. The molecule has 0 radical (unpaired) electrons. The van der Waals surface area contributed by atoms with Gasteiger partial charge >= 0.3 is 0 Å². The van der Waals surface area contributed by atoms with Crippen molar-refractivity contribution in [3.8, 4) is 0 Å². The van der Waals surface area contributed by atoms with E-state index in [0.717, 1.165) is 18.7 Å². The second kappa shape index (κ2) is 3.20. The minimum Gasteiger partial charge on any atom is -0.382 e. The van der Waals surface area contributed by atoms with Crippen molar-refractivity contribution < 1.29 is 4.79 Å². The van der Waals surface area contributed by atoms with Crippen LogP contribution in [0.1, 0.15) is 13.3 Å². The smallest absolute Gasteiger partial charge is 0.200 e. The zero-order valence-corrected chi connectivity index (χ0v) is 6.05. The zero-order chi connectivity index (χ0) is 7.40. The van der Waals surface area contributed by atoms with Crippen LogP contribution in [-0.4, -0.2) is 12.3 Å². The largest absolute Gasteiger partial charge is 0.382 e. The van der Waals surface area contributed by atoms with Gasteiger partial charge in [-0.3, -0.25) is 4.79 Å². The van der Waals surface area contributed by atoms with Gasteiger partial charge in [0.25, 0.3) is 0 Å². The number of ketones is 1. The van der Waals surface area contributed by atoms with Gasteiger partial charge in [-0.25, -0.2) is 0 Å². The average Bonchev–Trinajstić information content (AvgIpc) is 2.38. The van der Waals surface area contributed by atoms with Gasteiger partial charge in [0.15, 0.2) is 0 Å². The van der Waals surface area contributed by atoms with Gasteiger partial charge in [0.2, 0.25) is 5.78 Å². The molecule has 0 saturated heterocycles. The normalized spacial score (nSPS) is 17.1. The van der Waals surface area contributed by atoms with Gasteiger partial charge in [-0.2, -0.15) is 0 Å². The van der Waals surface area contributed by atoms with Gasteiger partial charge in [-0.15, -0.1) is 0 Å². The van der Waals surface area contributed by atoms with Crippen LogP contribution in [0.2, 0.25) is 0 Å². The maximum Gasteiger partial charge on any atom is 0.200 e. The van der Waals surface area contributed by atoms with E-state index >= 15 is 0 Å². The third-order valence-corrected chi connectivity index (χ3v) is 1.39. The molecule has 0 aromatic carbocycles. The van der Waals surface area contributed by atoms with Gasteiger partial charge in [0.1, 0.15) is 0 Å². The van der Waals surface area contributed by atoms with Crippen molar-refractivity contribution in [2.45, 2.75) is 13.3 Å². The Hall–Kier alpha value is -1.05. The van der Waals surface area contributed by atoms with E-state index < -0.39 is 0 Å². The van der Waals surface area contributed by atoms with Crippen LogP contribution >= 0.6 is 0 Å². The van der Waals surface area contributed by atoms with E-state index in [0.29, 0.717) is 0 Å². The van der Waals surface area contributed by atoms with Gasteiger partial charge in [-0.1, -0.05) is 12.2 Å². The number of hydrogen-bond acceptors (Lipinski definition) is 2. The topological polar surface area (TPSA) is 29.1 Å². The molecule has 1 N–H and O–H groups in total. The minimum atomic E-state index is 0.0833. The van der Waals surface area contributed by atoms with Crippen LogP contribution in [0.5, 0.6) is 0 Å². The fraction of sp³-hybridized carbons (Fsp3) is 0.375. The summed E-state index contributed by atoms with van der Waals surface area (Å²) in [5.74, 6) is 0.0833. The molecule has 0 saturated carbocycles. The van der Waals surface area contributed by atoms with Gasteiger partial charge in [0.05, 0.1) is 5.70 Å². The lowest BCUT2D eigenvalue weighted by molar-refractivity contribution is -0.111. The molecule has 2 nitrogen and oxygen atoms in total. The fourth-order valence-electron chi connectivity index (χ4n) is 0.924. The summed E-state index contributed by atoms with van der Waals surface area (Å²) in [5.41, 5.74) is 0.748. The Bertz CT molecular complexity index is 191. The molecular formula is C8H11NO. The average molecular weight is 137 g/mol. The summed E-state index contributed by atoms with van der Waals surface area (Å²) in [6.07, 6.45) is 6.23. The molecule has 1 aliphatic rings. The standard InChI is InChI=1S/C8H11NO/c1-2-4-8(10)7-5-3-6-9-7/h2,4-5,9H,3,6H2,1H3/b4-2+. The fourth-order valence-corrected chi connectivity index (χ4v) is 0.924. The van der Waals surface area contributed by atoms with Crippen LogP contribution < -0.4 is 5.32 Å². The van der Waals surface area contributed by atoms with E-state index in [1.54, 1.807) is 12.2 Å². The molecule has 0 aromatic rings. The molecule has 0 aliphatic carbocycles. The van der Waals surface area contributed by atoms with Crippen molar-refractivity contribution in [1.82, 2.24) is 5.32 Å². The number of carbonyl (C=O) groups is 1. The molecular weight excluding hydrogens is 126 g/mol. The van der Waals surface area contributed by atoms with Crippen molar-refractivity contribution in [1.29, 1.82) is 0 Å². The first-order chi connectivity index (χ1) is 4.84. The van der Waals surface area contributed by atoms with E-state index in [2.05, 4.69) is 5.32 Å². The Labute approximate surface area is 60.6 Å². The van der Waals surface area contributed by atoms with Crippen LogP contribution in [0, 0.1) is 0 Å². The Balaban J connectivity index is 2.56. The van der Waals surface area contributed by atoms with Gasteiger partial charge in [0, 0.05) is 6.54 Å². The summed E-state index contributed by atoms with van der Waals surface area (Å²) in [6, 6.07) is 0. The molecule has 0 amide bonds. The summed E-state index contributed by atoms with van der Waals surface area (Å²) >= 11 is 0. The minimum absolute atomic E-state index is 0.0833. The Kier molecular flexibility index (Phi) is 2.26. The Morgan fingerprint density at radius 2 is 2.60 bits per heavy atom. The number of nitrogens with one attached hydrogen (secondary N) is 1. The quantitative estimate of drug-likeness (QED) is 0.575. The summed E-state index contributed by atoms with van der Waals surface area (Å²) in [4.78, 5) is 11.0. The molecule has 1 aliphatic heterocycles. The highest BCUT2D eigenvalue weighted by Gasteiger charge is 2.07. The number of hydrogen-bond donors (Lipinski definition) is 1. The molecule has 0 bridgehead atoms. The lowest BCUT2D eigenvalue weighted by atomic mass is 10.2. The highest BCUT2D eigenvalue weighted by molar-refractivity contribution is 6.03. The van der Waals surface area contributed by atoms with E-state index in [-0.39, 0.29) is 5.78 Å². The van der Waals surface area contributed by atoms with E-state index in [4.69, 9.17) is 0 Å². The molecule has 10 heavy (non-hydrogen) atoms. The molecule has 0 spiro atoms. The third-order valence-electron chi connectivity index (χ3n) is 1.39. The Morgan fingerprint density at radius 3 is 3.10 bits per heavy atom. The number of rotatable bonds is 2. The predicted octanol–water partition coefficient (Wildman–Crippen LogP) is 1.01. The maximum atomic E-state index is 11.0. The first-order valence-corrected chi connectivity index (χ1v) is 3.45. The molecule has 54 valence electrons. The second-order valence-corrected chi connectivity index (χ2v) is 2.20. The Morgan fingerprint density at radius 1 is 1.80 bits per heavy atom. The highest BCUT2D eigenvalue weighted by atomic mass is 16.1. The molecule has 2 heteroatoms. The molecule has 0 unspecified atom stereocenters. The van der Waals surface area contributed by atoms with Gasteiger partial charge in [-0.05, 0) is 19.4 Å². The van der Waals surface area contributed by atoms with Gasteiger partial charge < -0.3 is 5.32 Å². The van der Waals surface area contributed by atoms with E-state index in [1.807, 2.05) is 13.0 Å². The van der Waals surface area contributed by atoms with Crippen molar-refractivity contribution in [2.75, 3.05) is 6.54 Å². The molecule has 1 heterocycles.